The van der Waals surface area contributed by atoms with Gasteiger partial charge in [0.1, 0.15) is 0 Å². The van der Waals surface area contributed by atoms with E-state index in [2.05, 4.69) is 0 Å². The Labute approximate surface area is 131 Å². The van der Waals surface area contributed by atoms with Crippen LogP contribution in [-0.2, 0) is 21.1 Å². The summed E-state index contributed by atoms with van der Waals surface area (Å²) in [7, 11) is -2.97. The third-order valence-electron chi connectivity index (χ3n) is 3.65. The van der Waals surface area contributed by atoms with E-state index in [9.17, 15) is 13.2 Å². The van der Waals surface area contributed by atoms with Crippen LogP contribution in [0.3, 0.4) is 0 Å². The number of nitrogens with two attached hydrogens (primary N) is 1. The lowest BCUT2D eigenvalue weighted by molar-refractivity contribution is -0.132. The second-order valence-electron chi connectivity index (χ2n) is 5.15. The molecule has 0 aliphatic carbocycles. The van der Waals surface area contributed by atoms with Crippen LogP contribution in [0.15, 0.2) is 24.3 Å². The van der Waals surface area contributed by atoms with Crippen LogP contribution in [0.1, 0.15) is 18.9 Å². The number of likely N-dealkylation sites (N-methyl/N-ethyl adjacent to an activating group) is 1. The molecule has 1 aromatic carbocycles. The number of nitrogen functional groups attached to an aromatic ring is 1. The van der Waals surface area contributed by atoms with E-state index in [1.807, 2.05) is 19.1 Å². The van der Waals surface area contributed by atoms with E-state index in [-0.39, 0.29) is 42.3 Å². The number of carbonyl (C=O) groups excluding carboxylic acids is 1. The Morgan fingerprint density at radius 2 is 1.95 bits per heavy atom. The van der Waals surface area contributed by atoms with Gasteiger partial charge in [0.05, 0.1) is 17.9 Å². The zero-order chi connectivity index (χ0) is 14.8. The van der Waals surface area contributed by atoms with Gasteiger partial charge >= 0.3 is 0 Å². The predicted octanol–water partition coefficient (Wildman–Crippen LogP) is 1.27. The standard InChI is InChI=1S/C14H20N2O3S.ClH/c1-2-16(13-7-8-20(18,19)10-13)14(17)9-11-3-5-12(15)6-4-11;/h3-6,13H,2,7-10,15H2,1H3;1H. The molecule has 1 aromatic rings. The third kappa shape index (κ3) is 4.61. The van der Waals surface area contributed by atoms with Gasteiger partial charge < -0.3 is 10.6 Å². The smallest absolute Gasteiger partial charge is 0.227 e. The quantitative estimate of drug-likeness (QED) is 0.842. The van der Waals surface area contributed by atoms with Crippen molar-refractivity contribution < 1.29 is 13.2 Å². The molecule has 2 N–H and O–H groups in total. The molecule has 1 saturated heterocycles. The van der Waals surface area contributed by atoms with Crippen molar-refractivity contribution in [3.63, 3.8) is 0 Å². The van der Waals surface area contributed by atoms with Crippen LogP contribution in [0.5, 0.6) is 0 Å². The number of benzene rings is 1. The van der Waals surface area contributed by atoms with Gasteiger partial charge in [0.15, 0.2) is 9.84 Å². The van der Waals surface area contributed by atoms with Crippen molar-refractivity contribution >= 4 is 33.8 Å². The molecule has 5 nitrogen and oxygen atoms in total. The summed E-state index contributed by atoms with van der Waals surface area (Å²) in [6.07, 6.45) is 0.828. The monoisotopic (exact) mass is 332 g/mol. The number of amides is 1. The van der Waals surface area contributed by atoms with E-state index in [1.165, 1.54) is 0 Å². The van der Waals surface area contributed by atoms with Gasteiger partial charge in [-0.3, -0.25) is 4.79 Å². The van der Waals surface area contributed by atoms with Gasteiger partial charge in [-0.15, -0.1) is 12.4 Å². The van der Waals surface area contributed by atoms with E-state index in [1.54, 1.807) is 17.0 Å². The maximum absolute atomic E-state index is 12.3. The third-order valence-corrected chi connectivity index (χ3v) is 5.40. The van der Waals surface area contributed by atoms with Gasteiger partial charge in [-0.2, -0.15) is 0 Å². The molecular weight excluding hydrogens is 312 g/mol. The van der Waals surface area contributed by atoms with Crippen molar-refractivity contribution in [3.8, 4) is 0 Å². The first kappa shape index (κ1) is 17.8. The number of carbonyl (C=O) groups is 1. The van der Waals surface area contributed by atoms with Crippen LogP contribution in [0.25, 0.3) is 0 Å². The molecule has 1 unspecified atom stereocenters. The molecule has 0 spiro atoms. The van der Waals surface area contributed by atoms with Crippen molar-refractivity contribution in [1.82, 2.24) is 4.90 Å². The Kier molecular flexibility index (Phi) is 6.04. The summed E-state index contributed by atoms with van der Waals surface area (Å²) in [5.74, 6) is 0.247. The summed E-state index contributed by atoms with van der Waals surface area (Å²) in [5, 5.41) is 0. The topological polar surface area (TPSA) is 80.5 Å². The van der Waals surface area contributed by atoms with Crippen LogP contribution in [0.2, 0.25) is 0 Å². The molecule has 1 heterocycles. The summed E-state index contributed by atoms with van der Waals surface area (Å²) in [5.41, 5.74) is 7.17. The van der Waals surface area contributed by atoms with Gasteiger partial charge in [-0.1, -0.05) is 12.1 Å². The van der Waals surface area contributed by atoms with E-state index < -0.39 is 9.84 Å². The lowest BCUT2D eigenvalue weighted by Gasteiger charge is -2.27. The van der Waals surface area contributed by atoms with Crippen molar-refractivity contribution in [1.29, 1.82) is 0 Å². The SMILES string of the molecule is CCN(C(=O)Cc1ccc(N)cc1)C1CCS(=O)(=O)C1.Cl. The van der Waals surface area contributed by atoms with Gasteiger partial charge in [0.25, 0.3) is 0 Å². The Morgan fingerprint density at radius 3 is 2.43 bits per heavy atom. The first-order valence-corrected chi connectivity index (χ1v) is 8.57. The number of hydrogen-bond donors (Lipinski definition) is 1. The Morgan fingerprint density at radius 1 is 1.33 bits per heavy atom. The van der Waals surface area contributed by atoms with Crippen molar-refractivity contribution in [2.45, 2.75) is 25.8 Å². The number of nitrogens with zero attached hydrogens (tertiary/aromatic N) is 1. The summed E-state index contributed by atoms with van der Waals surface area (Å²) in [6.45, 7) is 2.42. The highest BCUT2D eigenvalue weighted by molar-refractivity contribution is 7.91. The molecule has 2 rings (SSSR count). The molecule has 1 amide bonds. The number of hydrogen-bond acceptors (Lipinski definition) is 4. The van der Waals surface area contributed by atoms with Gasteiger partial charge in [0.2, 0.25) is 5.91 Å². The lowest BCUT2D eigenvalue weighted by atomic mass is 10.1. The molecule has 0 saturated carbocycles. The summed E-state index contributed by atoms with van der Waals surface area (Å²) in [4.78, 5) is 14.0. The van der Waals surface area contributed by atoms with Gasteiger partial charge in [-0.25, -0.2) is 8.42 Å². The molecule has 0 bridgehead atoms. The second kappa shape index (κ2) is 7.13. The first-order valence-electron chi connectivity index (χ1n) is 6.75. The molecule has 0 aromatic heterocycles. The van der Waals surface area contributed by atoms with E-state index in [0.717, 1.165) is 5.56 Å². The van der Waals surface area contributed by atoms with Crippen LogP contribution in [0, 0.1) is 0 Å². The largest absolute Gasteiger partial charge is 0.399 e. The fourth-order valence-electron chi connectivity index (χ4n) is 2.57. The Balaban J connectivity index is 0.00000220. The number of sulfone groups is 1. The minimum absolute atomic E-state index is 0. The van der Waals surface area contributed by atoms with Crippen LogP contribution < -0.4 is 5.73 Å². The van der Waals surface area contributed by atoms with E-state index in [0.29, 0.717) is 18.7 Å². The van der Waals surface area contributed by atoms with Gasteiger partial charge in [-0.05, 0) is 31.0 Å². The zero-order valence-corrected chi connectivity index (χ0v) is 13.6. The van der Waals surface area contributed by atoms with E-state index >= 15 is 0 Å². The van der Waals surface area contributed by atoms with Crippen LogP contribution >= 0.6 is 12.4 Å². The summed E-state index contributed by atoms with van der Waals surface area (Å²) in [6, 6.07) is 7.00. The second-order valence-corrected chi connectivity index (χ2v) is 7.38. The van der Waals surface area contributed by atoms with Crippen LogP contribution in [0.4, 0.5) is 5.69 Å². The number of rotatable bonds is 4. The molecule has 1 atom stereocenters. The minimum Gasteiger partial charge on any atom is -0.399 e. The zero-order valence-electron chi connectivity index (χ0n) is 12.0. The average Bonchev–Trinajstić information content (AvgIpc) is 2.73. The fraction of sp³-hybridized carbons (Fsp3) is 0.500. The van der Waals surface area contributed by atoms with Crippen molar-refractivity contribution in [2.75, 3.05) is 23.8 Å². The molecule has 1 aliphatic rings. The number of halogens is 1. The summed E-state index contributed by atoms with van der Waals surface area (Å²) >= 11 is 0. The Hall–Kier alpha value is -1.27. The molecule has 118 valence electrons. The molecule has 21 heavy (non-hydrogen) atoms. The van der Waals surface area contributed by atoms with Crippen molar-refractivity contribution in [2.24, 2.45) is 0 Å². The normalized spacial score (nSPS) is 19.8. The van der Waals surface area contributed by atoms with Crippen LogP contribution in [-0.4, -0.2) is 43.3 Å². The molecule has 1 aliphatic heterocycles. The molecular formula is C14H21ClN2O3S. The van der Waals surface area contributed by atoms with Gasteiger partial charge in [0, 0.05) is 18.3 Å². The minimum atomic E-state index is -2.97. The predicted molar refractivity (Wildman–Crippen MR) is 86.3 cm³/mol. The molecule has 1 fully saturated rings. The molecule has 7 heteroatoms. The molecule has 0 radical (unpaired) electrons. The maximum atomic E-state index is 12.3. The highest BCUT2D eigenvalue weighted by atomic mass is 35.5. The van der Waals surface area contributed by atoms with Crippen molar-refractivity contribution in [3.05, 3.63) is 29.8 Å². The highest BCUT2D eigenvalue weighted by Crippen LogP contribution is 2.19. The Bertz CT molecular complexity index is 587. The van der Waals surface area contributed by atoms with E-state index in [4.69, 9.17) is 5.73 Å². The highest BCUT2D eigenvalue weighted by Gasteiger charge is 2.33. The lowest BCUT2D eigenvalue weighted by Crippen LogP contribution is -2.41. The first-order chi connectivity index (χ1) is 9.41. The maximum Gasteiger partial charge on any atom is 0.227 e. The average molecular weight is 333 g/mol. The fourth-order valence-corrected chi connectivity index (χ4v) is 4.30. The summed E-state index contributed by atoms with van der Waals surface area (Å²) < 4.78 is 23.1. The number of anilines is 1.